The molecule has 1 nitrogen and oxygen atoms in total. The minimum atomic E-state index is 0. The maximum absolute atomic E-state index is 4.77. The fraction of sp³-hybridized carbons (Fsp3) is 0.542. The van der Waals surface area contributed by atoms with E-state index in [1.807, 2.05) is 0 Å². The smallest absolute Gasteiger partial charge is 0.0718 e. The molecule has 2 aromatic carbocycles. The van der Waals surface area contributed by atoms with E-state index < -0.39 is 0 Å². The molecule has 0 amide bonds. The van der Waals surface area contributed by atoms with Crippen molar-refractivity contribution < 1.29 is 0 Å². The maximum Gasteiger partial charge on any atom is 0.0718 e. The molecule has 0 N–H and O–H groups in total. The number of hydrogen-bond acceptors (Lipinski definition) is 1. The first-order chi connectivity index (χ1) is 12.3. The van der Waals surface area contributed by atoms with Crippen molar-refractivity contribution in [2.45, 2.75) is 84.5 Å². The van der Waals surface area contributed by atoms with Gasteiger partial charge in [-0.15, -0.1) is 24.0 Å². The highest BCUT2D eigenvalue weighted by Gasteiger charge is 2.18. The third kappa shape index (κ3) is 5.31. The second kappa shape index (κ2) is 11.1. The minimum Gasteiger partial charge on any atom is -0.252 e. The summed E-state index contributed by atoms with van der Waals surface area (Å²) in [5, 5.41) is 2.71. The SMILES string of the molecule is CCCCCCCCCCCCc1ccc2cccc3c2c1C(C)=N3.I. The Labute approximate surface area is 176 Å². The lowest BCUT2D eigenvalue weighted by Gasteiger charge is -2.09. The molecule has 0 unspecified atom stereocenters. The van der Waals surface area contributed by atoms with Crippen molar-refractivity contribution in [1.29, 1.82) is 0 Å². The quantitative estimate of drug-likeness (QED) is 0.234. The number of nitrogens with zero attached hydrogens (tertiary/aromatic N) is 1. The van der Waals surface area contributed by atoms with Gasteiger partial charge in [-0.05, 0) is 36.8 Å². The molecule has 0 radical (unpaired) electrons. The van der Waals surface area contributed by atoms with Crippen LogP contribution in [0.4, 0.5) is 5.69 Å². The number of aryl methyl sites for hydroxylation is 1. The van der Waals surface area contributed by atoms with Gasteiger partial charge < -0.3 is 0 Å². The van der Waals surface area contributed by atoms with Gasteiger partial charge >= 0.3 is 0 Å². The van der Waals surface area contributed by atoms with Gasteiger partial charge in [0.2, 0.25) is 0 Å². The lowest BCUT2D eigenvalue weighted by atomic mass is 9.93. The Morgan fingerprint density at radius 3 is 2.12 bits per heavy atom. The molecule has 142 valence electrons. The standard InChI is InChI=1S/C24H33N.HI/c1-3-4-5-6-7-8-9-10-11-12-14-20-17-18-21-15-13-16-22-24(21)23(20)19(2)25-22;/h13,15-18H,3-12,14H2,1-2H3;1H. The van der Waals surface area contributed by atoms with E-state index in [4.69, 9.17) is 4.99 Å². The summed E-state index contributed by atoms with van der Waals surface area (Å²) in [6.07, 6.45) is 15.2. The number of unbranched alkanes of at least 4 members (excludes halogenated alkanes) is 9. The molecule has 0 bridgehead atoms. The first-order valence-corrected chi connectivity index (χ1v) is 10.4. The molecule has 26 heavy (non-hydrogen) atoms. The number of rotatable bonds is 11. The van der Waals surface area contributed by atoms with E-state index in [1.54, 1.807) is 0 Å². The summed E-state index contributed by atoms with van der Waals surface area (Å²) in [5.74, 6) is 0. The fourth-order valence-electron chi connectivity index (χ4n) is 4.16. The van der Waals surface area contributed by atoms with Crippen molar-refractivity contribution in [2.75, 3.05) is 0 Å². The average molecular weight is 463 g/mol. The van der Waals surface area contributed by atoms with Gasteiger partial charge in [-0.2, -0.15) is 0 Å². The Morgan fingerprint density at radius 1 is 0.769 bits per heavy atom. The number of benzene rings is 2. The van der Waals surface area contributed by atoms with Crippen LogP contribution in [0.5, 0.6) is 0 Å². The summed E-state index contributed by atoms with van der Waals surface area (Å²) in [4.78, 5) is 4.77. The molecule has 1 aliphatic rings. The highest BCUT2D eigenvalue weighted by molar-refractivity contribution is 14.0. The molecule has 0 fully saturated rings. The molecule has 2 heteroatoms. The van der Waals surface area contributed by atoms with E-state index in [0.29, 0.717) is 0 Å². The van der Waals surface area contributed by atoms with Gasteiger partial charge in [0.15, 0.2) is 0 Å². The molecule has 0 aromatic heterocycles. The number of hydrogen-bond donors (Lipinski definition) is 0. The van der Waals surface area contributed by atoms with Crippen molar-refractivity contribution in [3.05, 3.63) is 41.5 Å². The first kappa shape index (κ1) is 21.4. The van der Waals surface area contributed by atoms with Gasteiger partial charge in [0.05, 0.1) is 5.69 Å². The second-order valence-electron chi connectivity index (χ2n) is 7.60. The predicted molar refractivity (Wildman–Crippen MR) is 127 cm³/mol. The number of halogens is 1. The molecule has 0 saturated carbocycles. The summed E-state index contributed by atoms with van der Waals surface area (Å²) in [6, 6.07) is 11.1. The van der Waals surface area contributed by atoms with Gasteiger partial charge in [-0.1, -0.05) is 89.0 Å². The normalized spacial score (nSPS) is 12.3. The van der Waals surface area contributed by atoms with Gasteiger partial charge in [-0.3, -0.25) is 4.99 Å². The van der Waals surface area contributed by atoms with Crippen LogP contribution in [-0.4, -0.2) is 5.71 Å². The van der Waals surface area contributed by atoms with Crippen LogP contribution in [0.3, 0.4) is 0 Å². The van der Waals surface area contributed by atoms with Crippen LogP contribution in [0.25, 0.3) is 10.8 Å². The van der Waals surface area contributed by atoms with E-state index in [-0.39, 0.29) is 24.0 Å². The lowest BCUT2D eigenvalue weighted by Crippen LogP contribution is -1.99. The Morgan fingerprint density at radius 2 is 1.42 bits per heavy atom. The minimum absolute atomic E-state index is 0. The molecule has 2 aromatic rings. The summed E-state index contributed by atoms with van der Waals surface area (Å²) < 4.78 is 0. The topological polar surface area (TPSA) is 12.4 Å². The Kier molecular flexibility index (Phi) is 9.10. The summed E-state index contributed by atoms with van der Waals surface area (Å²) >= 11 is 0. The molecule has 1 heterocycles. The molecule has 0 spiro atoms. The van der Waals surface area contributed by atoms with Crippen LogP contribution in [0, 0.1) is 0 Å². The predicted octanol–water partition coefficient (Wildman–Crippen LogP) is 8.38. The van der Waals surface area contributed by atoms with E-state index >= 15 is 0 Å². The van der Waals surface area contributed by atoms with Gasteiger partial charge in [0.25, 0.3) is 0 Å². The average Bonchev–Trinajstić information content (AvgIpc) is 2.96. The Balaban J connectivity index is 0.00000243. The summed E-state index contributed by atoms with van der Waals surface area (Å²) in [5.41, 5.74) is 5.28. The van der Waals surface area contributed by atoms with E-state index in [0.717, 1.165) is 5.69 Å². The highest BCUT2D eigenvalue weighted by Crippen LogP contribution is 2.37. The van der Waals surface area contributed by atoms with Crippen molar-refractivity contribution >= 4 is 46.1 Å². The van der Waals surface area contributed by atoms with Crippen LogP contribution in [0.2, 0.25) is 0 Å². The van der Waals surface area contributed by atoms with Crippen molar-refractivity contribution in [3.8, 4) is 0 Å². The van der Waals surface area contributed by atoms with Crippen LogP contribution in [-0.2, 0) is 6.42 Å². The van der Waals surface area contributed by atoms with E-state index in [2.05, 4.69) is 44.2 Å². The first-order valence-electron chi connectivity index (χ1n) is 10.4. The van der Waals surface area contributed by atoms with E-state index in [9.17, 15) is 0 Å². The van der Waals surface area contributed by atoms with Crippen LogP contribution >= 0.6 is 24.0 Å². The summed E-state index contributed by atoms with van der Waals surface area (Å²) in [7, 11) is 0. The zero-order valence-electron chi connectivity index (χ0n) is 16.5. The molecule has 0 saturated heterocycles. The van der Waals surface area contributed by atoms with Crippen molar-refractivity contribution in [1.82, 2.24) is 0 Å². The van der Waals surface area contributed by atoms with Crippen molar-refractivity contribution in [3.63, 3.8) is 0 Å². The third-order valence-electron chi connectivity index (χ3n) is 5.56. The Bertz CT molecular complexity index is 732. The second-order valence-corrected chi connectivity index (χ2v) is 7.60. The maximum atomic E-state index is 4.77. The fourth-order valence-corrected chi connectivity index (χ4v) is 4.16. The van der Waals surface area contributed by atoms with Crippen molar-refractivity contribution in [2.24, 2.45) is 4.99 Å². The molecule has 0 aliphatic carbocycles. The van der Waals surface area contributed by atoms with Gasteiger partial charge in [-0.25, -0.2) is 0 Å². The molecule has 3 rings (SSSR count). The monoisotopic (exact) mass is 463 g/mol. The molecular weight excluding hydrogens is 429 g/mol. The summed E-state index contributed by atoms with van der Waals surface area (Å²) in [6.45, 7) is 4.45. The Hall–Kier alpha value is -0.900. The largest absolute Gasteiger partial charge is 0.252 e. The van der Waals surface area contributed by atoms with Gasteiger partial charge in [0.1, 0.15) is 0 Å². The molecule has 1 aliphatic heterocycles. The molecule has 0 atom stereocenters. The van der Waals surface area contributed by atoms with E-state index in [1.165, 1.54) is 98.2 Å². The zero-order valence-corrected chi connectivity index (χ0v) is 18.9. The highest BCUT2D eigenvalue weighted by atomic mass is 127. The third-order valence-corrected chi connectivity index (χ3v) is 5.56. The lowest BCUT2D eigenvalue weighted by molar-refractivity contribution is 0.556. The van der Waals surface area contributed by atoms with Gasteiger partial charge in [0, 0.05) is 16.7 Å². The van der Waals surface area contributed by atoms with Crippen LogP contribution in [0.1, 0.15) is 89.2 Å². The van der Waals surface area contributed by atoms with Crippen LogP contribution in [0.15, 0.2) is 35.3 Å². The van der Waals surface area contributed by atoms with Crippen LogP contribution < -0.4 is 0 Å². The molecular formula is C24H34IN. The number of aliphatic imine (C=N–C) groups is 1. The zero-order chi connectivity index (χ0) is 17.5.